The number of hydrogen-bond donors (Lipinski definition) is 2. The summed E-state index contributed by atoms with van der Waals surface area (Å²) < 4.78 is 5.20. The van der Waals surface area contributed by atoms with Crippen LogP contribution in [0.15, 0.2) is 0 Å². The van der Waals surface area contributed by atoms with E-state index < -0.39 is 0 Å². The maximum Gasteiger partial charge on any atom is 0.0698 e. The average Bonchev–Trinajstić information content (AvgIpc) is 2.79. The zero-order valence-corrected chi connectivity index (χ0v) is 10.6. The van der Waals surface area contributed by atoms with E-state index in [-0.39, 0.29) is 6.61 Å². The molecule has 1 unspecified atom stereocenters. The van der Waals surface area contributed by atoms with E-state index in [0.717, 1.165) is 12.5 Å². The monoisotopic (exact) mass is 229 g/mol. The summed E-state index contributed by atoms with van der Waals surface area (Å²) in [5.74, 6) is 0.995. The molecule has 1 aliphatic carbocycles. The summed E-state index contributed by atoms with van der Waals surface area (Å²) in [6.07, 6.45) is 8.46. The van der Waals surface area contributed by atoms with Crippen LogP contribution in [-0.2, 0) is 4.74 Å². The summed E-state index contributed by atoms with van der Waals surface area (Å²) in [5, 5.41) is 12.0. The first-order valence-corrected chi connectivity index (χ1v) is 6.75. The molecule has 1 fully saturated rings. The fourth-order valence-electron chi connectivity index (χ4n) is 2.43. The fourth-order valence-corrected chi connectivity index (χ4v) is 2.43. The predicted molar refractivity (Wildman–Crippen MR) is 66.6 cm³/mol. The van der Waals surface area contributed by atoms with Crippen molar-refractivity contribution in [3.05, 3.63) is 0 Å². The van der Waals surface area contributed by atoms with E-state index in [1.54, 1.807) is 0 Å². The van der Waals surface area contributed by atoms with Crippen molar-refractivity contribution in [1.82, 2.24) is 5.32 Å². The molecule has 1 saturated carbocycles. The Morgan fingerprint density at radius 2 is 2.06 bits per heavy atom. The summed E-state index contributed by atoms with van der Waals surface area (Å²) >= 11 is 0. The minimum Gasteiger partial charge on any atom is -0.394 e. The molecule has 0 saturated heterocycles. The highest BCUT2D eigenvalue weighted by Crippen LogP contribution is 2.28. The minimum atomic E-state index is 0.122. The Balaban J connectivity index is 1.87. The first-order valence-electron chi connectivity index (χ1n) is 6.75. The van der Waals surface area contributed by atoms with Gasteiger partial charge >= 0.3 is 0 Å². The molecule has 3 nitrogen and oxygen atoms in total. The highest BCUT2D eigenvalue weighted by Gasteiger charge is 2.15. The second kappa shape index (κ2) is 8.97. The fraction of sp³-hybridized carbons (Fsp3) is 1.00. The lowest BCUT2D eigenvalue weighted by Crippen LogP contribution is -2.30. The summed E-state index contributed by atoms with van der Waals surface area (Å²) in [5.41, 5.74) is 0. The maximum absolute atomic E-state index is 8.53. The molecule has 0 aromatic carbocycles. The molecule has 2 N–H and O–H groups in total. The van der Waals surface area contributed by atoms with Gasteiger partial charge in [-0.05, 0) is 25.7 Å². The topological polar surface area (TPSA) is 41.5 Å². The van der Waals surface area contributed by atoms with Crippen LogP contribution in [0.1, 0.15) is 45.4 Å². The van der Waals surface area contributed by atoms with Crippen molar-refractivity contribution < 1.29 is 9.84 Å². The van der Waals surface area contributed by atoms with Gasteiger partial charge in [0, 0.05) is 12.6 Å². The summed E-state index contributed by atoms with van der Waals surface area (Å²) in [7, 11) is 0. The molecule has 0 amide bonds. The molecule has 1 aliphatic rings. The molecule has 0 spiro atoms. The maximum atomic E-state index is 8.53. The number of nitrogens with one attached hydrogen (secondary N) is 1. The van der Waals surface area contributed by atoms with Crippen LogP contribution >= 0.6 is 0 Å². The molecule has 0 aromatic heterocycles. The molecule has 0 heterocycles. The second-order valence-electron chi connectivity index (χ2n) is 4.92. The van der Waals surface area contributed by atoms with Crippen molar-refractivity contribution in [2.45, 2.75) is 51.5 Å². The van der Waals surface area contributed by atoms with E-state index >= 15 is 0 Å². The first kappa shape index (κ1) is 13.9. The Morgan fingerprint density at radius 3 is 2.75 bits per heavy atom. The Bertz CT molecular complexity index is 158. The molecular formula is C13H27NO2. The predicted octanol–water partition coefficient (Wildman–Crippen LogP) is 1.94. The third-order valence-electron chi connectivity index (χ3n) is 3.46. The zero-order chi connectivity index (χ0) is 11.6. The largest absolute Gasteiger partial charge is 0.394 e. The number of hydrogen-bond acceptors (Lipinski definition) is 3. The molecule has 16 heavy (non-hydrogen) atoms. The van der Waals surface area contributed by atoms with Crippen molar-refractivity contribution in [3.8, 4) is 0 Å². The van der Waals surface area contributed by atoms with Gasteiger partial charge in [0.05, 0.1) is 19.8 Å². The Morgan fingerprint density at radius 1 is 1.31 bits per heavy atom. The molecule has 0 radical (unpaired) electrons. The van der Waals surface area contributed by atoms with E-state index in [0.29, 0.717) is 19.3 Å². The summed E-state index contributed by atoms with van der Waals surface area (Å²) in [6.45, 7) is 4.43. The van der Waals surface area contributed by atoms with Gasteiger partial charge in [-0.25, -0.2) is 0 Å². The van der Waals surface area contributed by atoms with E-state index in [1.807, 2.05) is 0 Å². The van der Waals surface area contributed by atoms with Crippen LogP contribution in [0.2, 0.25) is 0 Å². The van der Waals surface area contributed by atoms with Gasteiger partial charge in [0.1, 0.15) is 0 Å². The lowest BCUT2D eigenvalue weighted by Gasteiger charge is -2.16. The third-order valence-corrected chi connectivity index (χ3v) is 3.46. The van der Waals surface area contributed by atoms with Gasteiger partial charge in [0.25, 0.3) is 0 Å². The second-order valence-corrected chi connectivity index (χ2v) is 4.92. The van der Waals surface area contributed by atoms with Gasteiger partial charge in [-0.15, -0.1) is 0 Å². The van der Waals surface area contributed by atoms with E-state index in [9.17, 15) is 0 Å². The molecule has 0 aliphatic heterocycles. The number of aliphatic hydroxyl groups excluding tert-OH is 1. The van der Waals surface area contributed by atoms with Crippen LogP contribution in [0.25, 0.3) is 0 Å². The van der Waals surface area contributed by atoms with Crippen molar-refractivity contribution in [1.29, 1.82) is 0 Å². The molecule has 1 rings (SSSR count). The number of ether oxygens (including phenoxy) is 1. The van der Waals surface area contributed by atoms with Gasteiger partial charge in [0.15, 0.2) is 0 Å². The SMILES string of the molecule is CC(CCC1CCCC1)NCCOCCO. The quantitative estimate of drug-likeness (QED) is 0.594. The normalized spacial score (nSPS) is 19.1. The van der Waals surface area contributed by atoms with Crippen molar-refractivity contribution in [2.24, 2.45) is 5.92 Å². The third kappa shape index (κ3) is 6.46. The van der Waals surface area contributed by atoms with Crippen LogP contribution in [0.4, 0.5) is 0 Å². The molecule has 0 aromatic rings. The van der Waals surface area contributed by atoms with Crippen LogP contribution in [0, 0.1) is 5.92 Å². The van der Waals surface area contributed by atoms with Gasteiger partial charge in [-0.2, -0.15) is 0 Å². The standard InChI is InChI=1S/C13H27NO2/c1-12(14-8-10-16-11-9-15)6-7-13-4-2-3-5-13/h12-15H,2-11H2,1H3. The highest BCUT2D eigenvalue weighted by atomic mass is 16.5. The number of aliphatic hydroxyl groups is 1. The molecule has 1 atom stereocenters. The number of rotatable bonds is 9. The smallest absolute Gasteiger partial charge is 0.0698 e. The highest BCUT2D eigenvalue weighted by molar-refractivity contribution is 4.70. The average molecular weight is 229 g/mol. The van der Waals surface area contributed by atoms with E-state index in [1.165, 1.54) is 38.5 Å². The lowest BCUT2D eigenvalue weighted by molar-refractivity contribution is 0.0926. The van der Waals surface area contributed by atoms with Gasteiger partial charge < -0.3 is 15.2 Å². The first-order chi connectivity index (χ1) is 7.83. The van der Waals surface area contributed by atoms with Crippen LogP contribution < -0.4 is 5.32 Å². The van der Waals surface area contributed by atoms with Crippen LogP contribution in [0.3, 0.4) is 0 Å². The van der Waals surface area contributed by atoms with E-state index in [4.69, 9.17) is 9.84 Å². The minimum absolute atomic E-state index is 0.122. The molecule has 96 valence electrons. The molecule has 0 bridgehead atoms. The van der Waals surface area contributed by atoms with E-state index in [2.05, 4.69) is 12.2 Å². The van der Waals surface area contributed by atoms with Crippen LogP contribution in [-0.4, -0.2) is 37.5 Å². The van der Waals surface area contributed by atoms with Gasteiger partial charge in [-0.1, -0.05) is 25.7 Å². The Kier molecular flexibility index (Phi) is 7.81. The van der Waals surface area contributed by atoms with Crippen molar-refractivity contribution in [2.75, 3.05) is 26.4 Å². The summed E-state index contributed by atoms with van der Waals surface area (Å²) in [6, 6.07) is 0.596. The van der Waals surface area contributed by atoms with Crippen LogP contribution in [0.5, 0.6) is 0 Å². The molecular weight excluding hydrogens is 202 g/mol. The Labute approximate surface area is 99.6 Å². The molecule has 3 heteroatoms. The van der Waals surface area contributed by atoms with Gasteiger partial charge in [0.2, 0.25) is 0 Å². The summed E-state index contributed by atoms with van der Waals surface area (Å²) in [4.78, 5) is 0. The van der Waals surface area contributed by atoms with Gasteiger partial charge in [-0.3, -0.25) is 0 Å². The van der Waals surface area contributed by atoms with Crippen molar-refractivity contribution in [3.63, 3.8) is 0 Å². The zero-order valence-electron chi connectivity index (χ0n) is 10.6. The Hall–Kier alpha value is -0.120. The lowest BCUT2D eigenvalue weighted by atomic mass is 9.99. The van der Waals surface area contributed by atoms with Crippen molar-refractivity contribution >= 4 is 0 Å².